The Morgan fingerprint density at radius 3 is 2.77 bits per heavy atom. The van der Waals surface area contributed by atoms with Crippen molar-refractivity contribution < 1.29 is 9.47 Å². The van der Waals surface area contributed by atoms with Crippen molar-refractivity contribution in [3.8, 4) is 11.5 Å². The topological polar surface area (TPSA) is 46.1 Å². The molecule has 0 atom stereocenters. The summed E-state index contributed by atoms with van der Waals surface area (Å²) in [6.45, 7) is 7.12. The van der Waals surface area contributed by atoms with Crippen LogP contribution in [-0.2, 0) is 6.54 Å². The maximum Gasteiger partial charge on any atom is 0.231 e. The number of guanidine groups is 1. The summed E-state index contributed by atoms with van der Waals surface area (Å²) < 4.78 is 10.7. The van der Waals surface area contributed by atoms with Crippen molar-refractivity contribution in [1.82, 2.24) is 10.2 Å². The Labute approximate surface area is 150 Å². The number of rotatable bonds is 6. The maximum atomic E-state index is 5.40. The molecule has 0 fully saturated rings. The highest BCUT2D eigenvalue weighted by atomic mass is 127. The zero-order chi connectivity index (χ0) is 15.1. The van der Waals surface area contributed by atoms with E-state index in [1.54, 1.807) is 0 Å². The Kier molecular flexibility index (Phi) is 8.37. The van der Waals surface area contributed by atoms with Gasteiger partial charge in [0.15, 0.2) is 17.5 Å². The van der Waals surface area contributed by atoms with Crippen LogP contribution in [0.3, 0.4) is 0 Å². The molecule has 0 aliphatic carbocycles. The Bertz CT molecular complexity index is 494. The third kappa shape index (κ3) is 5.23. The highest BCUT2D eigenvalue weighted by Gasteiger charge is 2.13. The van der Waals surface area contributed by atoms with E-state index in [0.29, 0.717) is 13.3 Å². The average molecular weight is 419 g/mol. The summed E-state index contributed by atoms with van der Waals surface area (Å²) in [4.78, 5) is 6.88. The zero-order valence-corrected chi connectivity index (χ0v) is 15.9. The molecular formula is C16H26IN3O2. The fourth-order valence-corrected chi connectivity index (χ4v) is 2.18. The first-order valence-corrected chi connectivity index (χ1v) is 7.62. The van der Waals surface area contributed by atoms with Crippen LogP contribution >= 0.6 is 24.0 Å². The van der Waals surface area contributed by atoms with E-state index in [4.69, 9.17) is 14.5 Å². The van der Waals surface area contributed by atoms with Crippen LogP contribution < -0.4 is 14.8 Å². The molecule has 0 saturated carbocycles. The Morgan fingerprint density at radius 1 is 1.27 bits per heavy atom. The minimum absolute atomic E-state index is 0. The van der Waals surface area contributed by atoms with Gasteiger partial charge in [0.2, 0.25) is 6.79 Å². The number of halogens is 1. The van der Waals surface area contributed by atoms with Crippen LogP contribution in [-0.4, -0.2) is 37.8 Å². The summed E-state index contributed by atoms with van der Waals surface area (Å²) in [5.41, 5.74) is 1.12. The Hall–Kier alpha value is -1.18. The number of benzene rings is 1. The lowest BCUT2D eigenvalue weighted by molar-refractivity contribution is 0.174. The summed E-state index contributed by atoms with van der Waals surface area (Å²) in [7, 11) is 2.08. The van der Waals surface area contributed by atoms with E-state index < -0.39 is 0 Å². The van der Waals surface area contributed by atoms with Crippen LogP contribution in [0.1, 0.15) is 32.3 Å². The zero-order valence-electron chi connectivity index (χ0n) is 13.6. The smallest absolute Gasteiger partial charge is 0.231 e. The fraction of sp³-hybridized carbons (Fsp3) is 0.562. The van der Waals surface area contributed by atoms with E-state index in [0.717, 1.165) is 36.1 Å². The summed E-state index contributed by atoms with van der Waals surface area (Å²) in [5, 5.41) is 3.33. The van der Waals surface area contributed by atoms with Gasteiger partial charge in [0.05, 0.1) is 6.54 Å². The first-order chi connectivity index (χ1) is 10.2. The second-order valence-corrected chi connectivity index (χ2v) is 5.13. The van der Waals surface area contributed by atoms with Crippen molar-refractivity contribution in [3.63, 3.8) is 0 Å². The lowest BCUT2D eigenvalue weighted by Crippen LogP contribution is -2.39. The molecule has 0 spiro atoms. The van der Waals surface area contributed by atoms with Gasteiger partial charge < -0.3 is 19.7 Å². The molecule has 1 N–H and O–H groups in total. The van der Waals surface area contributed by atoms with E-state index in [2.05, 4.69) is 31.1 Å². The second-order valence-electron chi connectivity index (χ2n) is 5.13. The van der Waals surface area contributed by atoms with Crippen molar-refractivity contribution in [2.24, 2.45) is 4.99 Å². The Morgan fingerprint density at radius 2 is 2.05 bits per heavy atom. The van der Waals surface area contributed by atoms with Gasteiger partial charge >= 0.3 is 0 Å². The van der Waals surface area contributed by atoms with Crippen LogP contribution in [0.4, 0.5) is 0 Å². The van der Waals surface area contributed by atoms with E-state index in [1.807, 2.05) is 18.2 Å². The number of nitrogens with zero attached hydrogens (tertiary/aromatic N) is 2. The molecule has 1 aromatic carbocycles. The molecule has 0 amide bonds. The summed E-state index contributed by atoms with van der Waals surface area (Å²) >= 11 is 0. The lowest BCUT2D eigenvalue weighted by atomic mass is 10.2. The molecule has 0 saturated heterocycles. The van der Waals surface area contributed by atoms with E-state index >= 15 is 0 Å². The Balaban J connectivity index is 0.00000242. The van der Waals surface area contributed by atoms with Gasteiger partial charge in [-0.15, -0.1) is 24.0 Å². The molecule has 1 aliphatic rings. The van der Waals surface area contributed by atoms with Crippen LogP contribution in [0, 0.1) is 0 Å². The highest BCUT2D eigenvalue weighted by Crippen LogP contribution is 2.32. The standard InChI is InChI=1S/C16H25N3O2.HI/c1-4-6-9-19(3)16(17-5-2)18-11-13-7-8-14-15(10-13)21-12-20-14;/h7-8,10H,4-6,9,11-12H2,1-3H3,(H,17,18);1H. The molecule has 0 radical (unpaired) electrons. The van der Waals surface area contributed by atoms with Gasteiger partial charge in [-0.2, -0.15) is 0 Å². The number of unbranched alkanes of at least 4 members (excludes halogenated alkanes) is 1. The molecular weight excluding hydrogens is 393 g/mol. The summed E-state index contributed by atoms with van der Waals surface area (Å²) in [6.07, 6.45) is 2.36. The monoisotopic (exact) mass is 419 g/mol. The number of hydrogen-bond donors (Lipinski definition) is 1. The van der Waals surface area contributed by atoms with E-state index in [1.165, 1.54) is 12.8 Å². The van der Waals surface area contributed by atoms with Crippen molar-refractivity contribution >= 4 is 29.9 Å². The van der Waals surface area contributed by atoms with Crippen LogP contribution in [0.5, 0.6) is 11.5 Å². The molecule has 22 heavy (non-hydrogen) atoms. The number of aliphatic imine (C=N–C) groups is 1. The molecule has 1 aliphatic heterocycles. The predicted molar refractivity (Wildman–Crippen MR) is 100 cm³/mol. The number of ether oxygens (including phenoxy) is 2. The molecule has 124 valence electrons. The van der Waals surface area contributed by atoms with E-state index in [9.17, 15) is 0 Å². The third-order valence-electron chi connectivity index (χ3n) is 3.39. The van der Waals surface area contributed by atoms with Gasteiger partial charge in [-0.25, -0.2) is 4.99 Å². The van der Waals surface area contributed by atoms with Crippen molar-refractivity contribution in [1.29, 1.82) is 0 Å². The van der Waals surface area contributed by atoms with E-state index in [-0.39, 0.29) is 24.0 Å². The minimum atomic E-state index is 0. The SMILES string of the molecule is CCCCN(C)C(=NCc1ccc2c(c1)OCO2)NCC.I. The molecule has 0 unspecified atom stereocenters. The van der Waals surface area contributed by atoms with Gasteiger partial charge in [-0.05, 0) is 31.0 Å². The maximum absolute atomic E-state index is 5.40. The number of fused-ring (bicyclic) bond motifs is 1. The number of nitrogens with one attached hydrogen (secondary N) is 1. The van der Waals surface area contributed by atoms with Gasteiger partial charge in [0, 0.05) is 20.1 Å². The van der Waals surface area contributed by atoms with Gasteiger partial charge in [0.25, 0.3) is 0 Å². The first kappa shape index (κ1) is 18.9. The highest BCUT2D eigenvalue weighted by molar-refractivity contribution is 14.0. The molecule has 0 bridgehead atoms. The molecule has 5 nitrogen and oxygen atoms in total. The fourth-order valence-electron chi connectivity index (χ4n) is 2.18. The molecule has 1 aromatic rings. The normalized spacial score (nSPS) is 12.8. The minimum Gasteiger partial charge on any atom is -0.454 e. The van der Waals surface area contributed by atoms with Crippen LogP contribution in [0.2, 0.25) is 0 Å². The van der Waals surface area contributed by atoms with Crippen molar-refractivity contribution in [2.45, 2.75) is 33.2 Å². The van der Waals surface area contributed by atoms with Gasteiger partial charge in [-0.3, -0.25) is 0 Å². The van der Waals surface area contributed by atoms with Crippen molar-refractivity contribution in [2.75, 3.05) is 26.9 Å². The largest absolute Gasteiger partial charge is 0.454 e. The molecule has 0 aromatic heterocycles. The molecule has 6 heteroatoms. The van der Waals surface area contributed by atoms with Crippen LogP contribution in [0.15, 0.2) is 23.2 Å². The lowest BCUT2D eigenvalue weighted by Gasteiger charge is -2.21. The van der Waals surface area contributed by atoms with Gasteiger partial charge in [0.1, 0.15) is 0 Å². The summed E-state index contributed by atoms with van der Waals surface area (Å²) in [5.74, 6) is 2.57. The second kappa shape index (κ2) is 9.76. The first-order valence-electron chi connectivity index (χ1n) is 7.62. The molecule has 2 rings (SSSR count). The predicted octanol–water partition coefficient (Wildman–Crippen LogP) is 3.23. The third-order valence-corrected chi connectivity index (χ3v) is 3.39. The quantitative estimate of drug-likeness (QED) is 0.437. The van der Waals surface area contributed by atoms with Crippen LogP contribution in [0.25, 0.3) is 0 Å². The van der Waals surface area contributed by atoms with Crippen molar-refractivity contribution in [3.05, 3.63) is 23.8 Å². The van der Waals surface area contributed by atoms with Gasteiger partial charge in [-0.1, -0.05) is 19.4 Å². The summed E-state index contributed by atoms with van der Waals surface area (Å²) in [6, 6.07) is 5.98. The number of hydrogen-bond acceptors (Lipinski definition) is 3. The molecule has 1 heterocycles. The average Bonchev–Trinajstić information content (AvgIpc) is 2.96.